The Kier molecular flexibility index (Phi) is 7.80. The lowest BCUT2D eigenvalue weighted by atomic mass is 9.97. The zero-order valence-electron chi connectivity index (χ0n) is 15.9. The number of pyridine rings is 1. The summed E-state index contributed by atoms with van der Waals surface area (Å²) in [5.41, 5.74) is -0.818. The maximum atomic E-state index is 12.6. The van der Waals surface area contributed by atoms with Crippen molar-refractivity contribution in [1.82, 2.24) is 15.6 Å². The molecule has 0 saturated carbocycles. The van der Waals surface area contributed by atoms with Crippen molar-refractivity contribution in [3.8, 4) is 0 Å². The van der Waals surface area contributed by atoms with Crippen LogP contribution in [0.5, 0.6) is 0 Å². The molecule has 1 fully saturated rings. The molecule has 0 unspecified atom stereocenters. The average molecular weight is 416 g/mol. The van der Waals surface area contributed by atoms with E-state index in [2.05, 4.69) is 15.6 Å². The number of aromatic nitrogens is 1. The summed E-state index contributed by atoms with van der Waals surface area (Å²) in [6, 6.07) is 1.62. The molecule has 0 atom stereocenters. The van der Waals surface area contributed by atoms with Crippen molar-refractivity contribution in [2.75, 3.05) is 31.1 Å². The van der Waals surface area contributed by atoms with E-state index in [-0.39, 0.29) is 0 Å². The molecule has 29 heavy (non-hydrogen) atoms. The number of hydrogen-bond acceptors (Lipinski definition) is 6. The van der Waals surface area contributed by atoms with Crippen molar-refractivity contribution in [3.63, 3.8) is 0 Å². The monoisotopic (exact) mass is 416 g/mol. The first-order valence-corrected chi connectivity index (χ1v) is 9.23. The third kappa shape index (κ3) is 6.91. The first-order valence-electron chi connectivity index (χ1n) is 9.23. The van der Waals surface area contributed by atoms with Crippen LogP contribution < -0.4 is 15.5 Å². The van der Waals surface area contributed by atoms with Crippen LogP contribution in [-0.4, -0.2) is 49.1 Å². The topological polar surface area (TPSA) is 101 Å². The van der Waals surface area contributed by atoms with Gasteiger partial charge in [0.25, 0.3) is 5.91 Å². The number of anilines is 1. The highest BCUT2D eigenvalue weighted by atomic mass is 19.4. The number of nitrogens with one attached hydrogen (secondary N) is 2. The lowest BCUT2D eigenvalue weighted by Crippen LogP contribution is -2.42. The van der Waals surface area contributed by atoms with Crippen molar-refractivity contribution >= 4 is 23.7 Å². The molecule has 1 saturated heterocycles. The number of imide groups is 1. The van der Waals surface area contributed by atoms with E-state index in [1.165, 1.54) is 6.07 Å². The quantitative estimate of drug-likeness (QED) is 0.689. The summed E-state index contributed by atoms with van der Waals surface area (Å²) in [5.74, 6) is -1.29. The zero-order chi connectivity index (χ0) is 21.4. The summed E-state index contributed by atoms with van der Waals surface area (Å²) < 4.78 is 42.8. The lowest BCUT2D eigenvalue weighted by Gasteiger charge is -2.31. The maximum absolute atomic E-state index is 12.6. The van der Waals surface area contributed by atoms with Gasteiger partial charge in [0.1, 0.15) is 5.82 Å². The minimum Gasteiger partial charge on any atom is -0.455 e. The van der Waals surface area contributed by atoms with Gasteiger partial charge in [-0.3, -0.25) is 14.9 Å². The molecule has 1 aromatic rings. The molecular formula is C18H23F3N4O4. The molecule has 0 aromatic carbocycles. The van der Waals surface area contributed by atoms with Crippen molar-refractivity contribution in [2.45, 2.75) is 32.4 Å². The molecule has 2 rings (SSSR count). The summed E-state index contributed by atoms with van der Waals surface area (Å²) in [6.45, 7) is 2.57. The van der Waals surface area contributed by atoms with Gasteiger partial charge in [-0.05, 0) is 31.4 Å². The van der Waals surface area contributed by atoms with Gasteiger partial charge in [-0.25, -0.2) is 9.78 Å². The Labute approximate surface area is 165 Å². The van der Waals surface area contributed by atoms with Crippen LogP contribution in [-0.2, 0) is 20.5 Å². The fourth-order valence-corrected chi connectivity index (χ4v) is 2.79. The summed E-state index contributed by atoms with van der Waals surface area (Å²) in [4.78, 5) is 40.7. The number of ether oxygens (including phenoxy) is 1. The number of hydrogen-bond donors (Lipinski definition) is 2. The molecule has 0 spiro atoms. The largest absolute Gasteiger partial charge is 0.455 e. The molecule has 1 aliphatic rings. The van der Waals surface area contributed by atoms with E-state index in [0.29, 0.717) is 38.3 Å². The number of rotatable bonds is 6. The first kappa shape index (κ1) is 22.4. The van der Waals surface area contributed by atoms with Crippen molar-refractivity contribution in [1.29, 1.82) is 0 Å². The lowest BCUT2D eigenvalue weighted by molar-refractivity contribution is -0.153. The number of esters is 1. The Morgan fingerprint density at radius 2 is 1.93 bits per heavy atom. The van der Waals surface area contributed by atoms with E-state index in [4.69, 9.17) is 4.74 Å². The van der Waals surface area contributed by atoms with E-state index >= 15 is 0 Å². The second-order valence-electron chi connectivity index (χ2n) is 6.58. The third-order valence-electron chi connectivity index (χ3n) is 4.36. The standard InChI is InChI=1S/C18H23F3N4O4/c1-2-7-22-17(28)24-15(26)11-29-16(27)12-5-8-25(9-6-12)14-4-3-13(10-23-14)18(19,20)21/h3-4,10,12H,2,5-9,11H2,1H3,(H2,22,24,26,28). The number of carbonyl (C=O) groups excluding carboxylic acids is 3. The highest BCUT2D eigenvalue weighted by molar-refractivity contribution is 5.95. The Bertz CT molecular complexity index is 717. The minimum atomic E-state index is -4.44. The van der Waals surface area contributed by atoms with Crippen molar-refractivity contribution < 1.29 is 32.3 Å². The fraction of sp³-hybridized carbons (Fsp3) is 0.556. The molecule has 8 nitrogen and oxygen atoms in total. The Hall–Kier alpha value is -2.85. The normalized spacial score (nSPS) is 15.0. The number of urea groups is 1. The average Bonchev–Trinajstić information content (AvgIpc) is 2.70. The Balaban J connectivity index is 1.75. The van der Waals surface area contributed by atoms with E-state index in [0.717, 1.165) is 18.7 Å². The Morgan fingerprint density at radius 1 is 1.24 bits per heavy atom. The highest BCUT2D eigenvalue weighted by Gasteiger charge is 2.31. The highest BCUT2D eigenvalue weighted by Crippen LogP contribution is 2.30. The molecule has 2 N–H and O–H groups in total. The van der Waals surface area contributed by atoms with Crippen molar-refractivity contribution in [2.24, 2.45) is 5.92 Å². The van der Waals surface area contributed by atoms with E-state index < -0.39 is 42.2 Å². The molecule has 11 heteroatoms. The van der Waals surface area contributed by atoms with Gasteiger partial charge in [-0.1, -0.05) is 6.92 Å². The van der Waals surface area contributed by atoms with Crippen LogP contribution in [0.25, 0.3) is 0 Å². The van der Waals surface area contributed by atoms with Gasteiger partial charge >= 0.3 is 18.2 Å². The van der Waals surface area contributed by atoms with Crippen LogP contribution in [0.2, 0.25) is 0 Å². The summed E-state index contributed by atoms with van der Waals surface area (Å²) >= 11 is 0. The fourth-order valence-electron chi connectivity index (χ4n) is 2.79. The molecule has 3 amide bonds. The van der Waals surface area contributed by atoms with Gasteiger partial charge < -0.3 is 15.0 Å². The van der Waals surface area contributed by atoms with E-state index in [1.807, 2.05) is 6.92 Å². The smallest absolute Gasteiger partial charge is 0.417 e. The molecule has 160 valence electrons. The van der Waals surface area contributed by atoms with E-state index in [1.54, 1.807) is 4.90 Å². The van der Waals surface area contributed by atoms with Crippen molar-refractivity contribution in [3.05, 3.63) is 23.9 Å². The minimum absolute atomic E-state index is 0.405. The molecule has 0 bridgehead atoms. The number of halogens is 3. The van der Waals surface area contributed by atoms with Crippen LogP contribution in [0.3, 0.4) is 0 Å². The third-order valence-corrected chi connectivity index (χ3v) is 4.36. The molecule has 0 aliphatic carbocycles. The zero-order valence-corrected chi connectivity index (χ0v) is 15.9. The number of nitrogens with zero attached hydrogens (tertiary/aromatic N) is 2. The number of alkyl halides is 3. The first-order chi connectivity index (χ1) is 13.7. The summed E-state index contributed by atoms with van der Waals surface area (Å²) in [7, 11) is 0. The Morgan fingerprint density at radius 3 is 2.48 bits per heavy atom. The molecular weight excluding hydrogens is 393 g/mol. The molecule has 1 aliphatic heterocycles. The van der Waals surface area contributed by atoms with Gasteiger partial charge in [0, 0.05) is 25.8 Å². The maximum Gasteiger partial charge on any atom is 0.417 e. The van der Waals surface area contributed by atoms with Gasteiger partial charge in [-0.15, -0.1) is 0 Å². The SMILES string of the molecule is CCCNC(=O)NC(=O)COC(=O)C1CCN(c2ccc(C(F)(F)F)cn2)CC1. The number of carbonyl (C=O) groups is 3. The van der Waals surface area contributed by atoms with E-state index in [9.17, 15) is 27.6 Å². The van der Waals surface area contributed by atoms with Crippen LogP contribution in [0.15, 0.2) is 18.3 Å². The summed E-state index contributed by atoms with van der Waals surface area (Å²) in [6.07, 6.45) is -2.10. The van der Waals surface area contributed by atoms with Gasteiger partial charge in [0.15, 0.2) is 6.61 Å². The molecule has 1 aromatic heterocycles. The van der Waals surface area contributed by atoms with Crippen LogP contribution in [0.4, 0.5) is 23.8 Å². The molecule has 2 heterocycles. The van der Waals surface area contributed by atoms with Crippen LogP contribution in [0.1, 0.15) is 31.7 Å². The number of piperidine rings is 1. The molecule has 0 radical (unpaired) electrons. The second-order valence-corrected chi connectivity index (χ2v) is 6.58. The van der Waals surface area contributed by atoms with Crippen LogP contribution in [0, 0.1) is 5.92 Å². The predicted octanol–water partition coefficient (Wildman–Crippen LogP) is 2.10. The predicted molar refractivity (Wildman–Crippen MR) is 97.0 cm³/mol. The second kappa shape index (κ2) is 10.1. The summed E-state index contributed by atoms with van der Waals surface area (Å²) in [5, 5.41) is 4.52. The van der Waals surface area contributed by atoms with Gasteiger partial charge in [0.2, 0.25) is 0 Å². The van der Waals surface area contributed by atoms with Crippen LogP contribution >= 0.6 is 0 Å². The number of amides is 3. The van der Waals surface area contributed by atoms with Gasteiger partial charge in [-0.2, -0.15) is 13.2 Å². The van der Waals surface area contributed by atoms with Gasteiger partial charge in [0.05, 0.1) is 11.5 Å².